The number of nitro benzene ring substituents is 1. The fourth-order valence-corrected chi connectivity index (χ4v) is 3.95. The largest absolute Gasteiger partial charge is 0.494 e. The van der Waals surface area contributed by atoms with E-state index in [1.165, 1.54) is 50.7 Å². The summed E-state index contributed by atoms with van der Waals surface area (Å²) in [6.45, 7) is 4.54. The Kier molecular flexibility index (Phi) is 11.4. The number of non-ortho nitro benzene ring substituents is 1. The van der Waals surface area contributed by atoms with Crippen LogP contribution >= 0.6 is 0 Å². The Bertz CT molecular complexity index is 1120. The number of unbranched alkanes of at least 4 members (excludes halogenated alkanes) is 7. The number of esters is 1. The quantitative estimate of drug-likeness (QED) is 0.0648. The summed E-state index contributed by atoms with van der Waals surface area (Å²) in [5, 5.41) is 10.7. The molecule has 0 bridgehead atoms. The van der Waals surface area contributed by atoms with Gasteiger partial charge in [0.25, 0.3) is 5.69 Å². The van der Waals surface area contributed by atoms with Gasteiger partial charge in [0.15, 0.2) is 0 Å². The number of carbonyl (C=O) groups is 1. The van der Waals surface area contributed by atoms with Gasteiger partial charge in [0.2, 0.25) is 0 Å². The Balaban J connectivity index is 1.38. The molecule has 0 heterocycles. The highest BCUT2D eigenvalue weighted by Gasteiger charge is 2.10. The third-order valence-electron chi connectivity index (χ3n) is 6.15. The molecule has 0 aliphatic carbocycles. The summed E-state index contributed by atoms with van der Waals surface area (Å²) in [5.74, 6) is 0.418. The van der Waals surface area contributed by atoms with Crippen molar-refractivity contribution in [2.45, 2.75) is 58.0 Å². The molecule has 0 spiro atoms. The number of rotatable bonds is 16. The second-order valence-corrected chi connectivity index (χ2v) is 9.00. The molecule has 194 valence electrons. The lowest BCUT2D eigenvalue weighted by Gasteiger charge is -2.09. The summed E-state index contributed by atoms with van der Waals surface area (Å²) in [6.07, 6.45) is 11.8. The van der Waals surface area contributed by atoms with Crippen LogP contribution in [-0.2, 0) is 11.3 Å². The van der Waals surface area contributed by atoms with Crippen molar-refractivity contribution < 1.29 is 19.2 Å². The summed E-state index contributed by atoms with van der Waals surface area (Å²) in [6, 6.07) is 21.2. The molecule has 3 aromatic carbocycles. The summed E-state index contributed by atoms with van der Waals surface area (Å²) < 4.78 is 11.2. The van der Waals surface area contributed by atoms with Gasteiger partial charge in [-0.1, -0.05) is 62.4 Å². The van der Waals surface area contributed by atoms with E-state index in [1.54, 1.807) is 24.3 Å². The molecule has 0 saturated heterocycles. The average molecular weight is 502 g/mol. The van der Waals surface area contributed by atoms with Crippen LogP contribution in [-0.4, -0.2) is 17.5 Å². The fourth-order valence-electron chi connectivity index (χ4n) is 3.95. The zero-order valence-electron chi connectivity index (χ0n) is 21.3. The van der Waals surface area contributed by atoms with E-state index in [2.05, 4.69) is 6.58 Å². The molecule has 6 nitrogen and oxygen atoms in total. The van der Waals surface area contributed by atoms with Gasteiger partial charge in [-0.15, -0.1) is 6.58 Å². The van der Waals surface area contributed by atoms with Crippen LogP contribution in [0.4, 0.5) is 5.69 Å². The van der Waals surface area contributed by atoms with Gasteiger partial charge < -0.3 is 9.47 Å². The molecule has 0 aromatic heterocycles. The van der Waals surface area contributed by atoms with Crippen molar-refractivity contribution >= 4 is 11.7 Å². The van der Waals surface area contributed by atoms with Crippen molar-refractivity contribution in [2.24, 2.45) is 0 Å². The molecule has 3 rings (SSSR count). The monoisotopic (exact) mass is 501 g/mol. The Morgan fingerprint density at radius 2 is 1.35 bits per heavy atom. The lowest BCUT2D eigenvalue weighted by Crippen LogP contribution is -2.05. The standard InChI is InChI=1S/C31H35NO5/c1-2-3-4-5-6-7-8-9-10-23-36-30-21-17-27(18-22-30)26-13-15-28(16-14-26)31(33)37-24-25-11-19-29(20-12-25)32(34)35/h2,11-22H,1,3-10,23-24H2. The van der Waals surface area contributed by atoms with Crippen LogP contribution in [0.15, 0.2) is 85.5 Å². The maximum atomic E-state index is 12.4. The van der Waals surface area contributed by atoms with Crippen LogP contribution in [0.25, 0.3) is 11.1 Å². The molecular formula is C31H35NO5. The van der Waals surface area contributed by atoms with Crippen LogP contribution in [0.1, 0.15) is 67.3 Å². The van der Waals surface area contributed by atoms with E-state index in [-0.39, 0.29) is 12.3 Å². The summed E-state index contributed by atoms with van der Waals surface area (Å²) in [4.78, 5) is 22.6. The third-order valence-corrected chi connectivity index (χ3v) is 6.15. The molecule has 6 heteroatoms. The maximum absolute atomic E-state index is 12.4. The highest BCUT2D eigenvalue weighted by atomic mass is 16.6. The summed E-state index contributed by atoms with van der Waals surface area (Å²) >= 11 is 0. The van der Waals surface area contributed by atoms with Gasteiger partial charge in [0.1, 0.15) is 12.4 Å². The smallest absolute Gasteiger partial charge is 0.338 e. The highest BCUT2D eigenvalue weighted by Crippen LogP contribution is 2.23. The molecule has 37 heavy (non-hydrogen) atoms. The molecule has 0 saturated carbocycles. The molecule has 3 aromatic rings. The maximum Gasteiger partial charge on any atom is 0.338 e. The molecule has 0 N–H and O–H groups in total. The molecular weight excluding hydrogens is 466 g/mol. The number of allylic oxidation sites excluding steroid dienone is 1. The number of carbonyl (C=O) groups excluding carboxylic acids is 1. The molecule has 0 fully saturated rings. The van der Waals surface area contributed by atoms with E-state index in [1.807, 2.05) is 42.5 Å². The topological polar surface area (TPSA) is 78.7 Å². The molecule has 0 atom stereocenters. The average Bonchev–Trinajstić information content (AvgIpc) is 2.93. The zero-order chi connectivity index (χ0) is 26.3. The van der Waals surface area contributed by atoms with Crippen molar-refractivity contribution in [3.8, 4) is 16.9 Å². The highest BCUT2D eigenvalue weighted by molar-refractivity contribution is 5.90. The number of benzene rings is 3. The third kappa shape index (κ3) is 9.56. The number of nitro groups is 1. The molecule has 0 amide bonds. The van der Waals surface area contributed by atoms with Crippen LogP contribution in [0.3, 0.4) is 0 Å². The first-order valence-corrected chi connectivity index (χ1v) is 12.9. The summed E-state index contributed by atoms with van der Waals surface area (Å²) in [7, 11) is 0. The fraction of sp³-hybridized carbons (Fsp3) is 0.323. The van der Waals surface area contributed by atoms with Crippen molar-refractivity contribution in [1.82, 2.24) is 0 Å². The predicted octanol–water partition coefficient (Wildman–Crippen LogP) is 8.30. The van der Waals surface area contributed by atoms with Gasteiger partial charge in [-0.3, -0.25) is 10.1 Å². The van der Waals surface area contributed by atoms with Crippen LogP contribution in [0.5, 0.6) is 5.75 Å². The van der Waals surface area contributed by atoms with Crippen molar-refractivity contribution in [3.05, 3.63) is 107 Å². The second-order valence-electron chi connectivity index (χ2n) is 9.00. The molecule has 0 aliphatic rings. The van der Waals surface area contributed by atoms with E-state index < -0.39 is 10.9 Å². The van der Waals surface area contributed by atoms with Crippen LogP contribution in [0, 0.1) is 10.1 Å². The Hall–Kier alpha value is -3.93. The minimum absolute atomic E-state index is 0.00165. The first-order valence-electron chi connectivity index (χ1n) is 12.9. The zero-order valence-corrected chi connectivity index (χ0v) is 21.3. The van der Waals surface area contributed by atoms with Gasteiger partial charge in [-0.2, -0.15) is 0 Å². The Morgan fingerprint density at radius 1 is 0.784 bits per heavy atom. The van der Waals surface area contributed by atoms with Gasteiger partial charge in [-0.05, 0) is 72.4 Å². The van der Waals surface area contributed by atoms with E-state index in [0.717, 1.165) is 36.3 Å². The lowest BCUT2D eigenvalue weighted by atomic mass is 10.0. The van der Waals surface area contributed by atoms with Crippen molar-refractivity contribution in [3.63, 3.8) is 0 Å². The molecule has 0 unspecified atom stereocenters. The summed E-state index contributed by atoms with van der Waals surface area (Å²) in [5.41, 5.74) is 3.16. The number of ether oxygens (including phenoxy) is 2. The first kappa shape index (κ1) is 27.7. The van der Waals surface area contributed by atoms with Gasteiger partial charge in [0.05, 0.1) is 17.1 Å². The van der Waals surface area contributed by atoms with E-state index in [0.29, 0.717) is 11.1 Å². The van der Waals surface area contributed by atoms with E-state index >= 15 is 0 Å². The van der Waals surface area contributed by atoms with Gasteiger partial charge in [-0.25, -0.2) is 4.79 Å². The van der Waals surface area contributed by atoms with E-state index in [4.69, 9.17) is 9.47 Å². The first-order chi connectivity index (χ1) is 18.1. The normalized spacial score (nSPS) is 10.6. The van der Waals surface area contributed by atoms with Crippen LogP contribution in [0.2, 0.25) is 0 Å². The molecule has 0 aliphatic heterocycles. The van der Waals surface area contributed by atoms with Gasteiger partial charge in [0, 0.05) is 12.1 Å². The molecule has 0 radical (unpaired) electrons. The van der Waals surface area contributed by atoms with Crippen LogP contribution < -0.4 is 4.74 Å². The SMILES string of the molecule is C=CCCCCCCCCCOc1ccc(-c2ccc(C(=O)OCc3ccc([N+](=O)[O-])cc3)cc2)cc1. The Labute approximate surface area is 219 Å². The Morgan fingerprint density at radius 3 is 1.95 bits per heavy atom. The number of hydrogen-bond acceptors (Lipinski definition) is 5. The van der Waals surface area contributed by atoms with Crippen molar-refractivity contribution in [2.75, 3.05) is 6.61 Å². The minimum Gasteiger partial charge on any atom is -0.494 e. The van der Waals surface area contributed by atoms with E-state index in [9.17, 15) is 14.9 Å². The minimum atomic E-state index is -0.464. The number of hydrogen-bond donors (Lipinski definition) is 0. The predicted molar refractivity (Wildman–Crippen MR) is 147 cm³/mol. The number of nitrogens with zero attached hydrogens (tertiary/aromatic N) is 1. The lowest BCUT2D eigenvalue weighted by molar-refractivity contribution is -0.384. The van der Waals surface area contributed by atoms with Gasteiger partial charge >= 0.3 is 5.97 Å². The second kappa shape index (κ2) is 15.2. The van der Waals surface area contributed by atoms with Crippen molar-refractivity contribution in [1.29, 1.82) is 0 Å².